The van der Waals surface area contributed by atoms with E-state index in [9.17, 15) is 15.2 Å². The summed E-state index contributed by atoms with van der Waals surface area (Å²) in [7, 11) is 0. The van der Waals surface area contributed by atoms with Gasteiger partial charge in [0.1, 0.15) is 0 Å². The number of rotatable bonds is 7. The summed E-state index contributed by atoms with van der Waals surface area (Å²) in [6.07, 6.45) is 0.625. The first kappa shape index (κ1) is 21.3. The van der Waals surface area contributed by atoms with E-state index in [2.05, 4.69) is 5.32 Å². The molecule has 0 aliphatic rings. The predicted molar refractivity (Wildman–Crippen MR) is 118 cm³/mol. The molecule has 0 atom stereocenters. The second kappa shape index (κ2) is 9.39. The third kappa shape index (κ3) is 4.96. The van der Waals surface area contributed by atoms with E-state index < -0.39 is 4.92 Å². The number of phenols is 1. The van der Waals surface area contributed by atoms with Crippen LogP contribution in [-0.2, 0) is 13.0 Å². The molecule has 0 saturated heterocycles. The van der Waals surface area contributed by atoms with Crippen molar-refractivity contribution in [2.24, 2.45) is 0 Å². The van der Waals surface area contributed by atoms with Crippen molar-refractivity contribution in [3.8, 4) is 5.75 Å². The van der Waals surface area contributed by atoms with Gasteiger partial charge in [0.2, 0.25) is 0 Å². The quantitative estimate of drug-likeness (QED) is 0.232. The lowest BCUT2D eigenvalue weighted by Gasteiger charge is -2.15. The maximum absolute atomic E-state index is 10.8. The fourth-order valence-corrected chi connectivity index (χ4v) is 4.48. The van der Waals surface area contributed by atoms with E-state index in [0.29, 0.717) is 29.2 Å². The van der Waals surface area contributed by atoms with Crippen molar-refractivity contribution < 1.29 is 10.0 Å². The van der Waals surface area contributed by atoms with Gasteiger partial charge in [-0.25, -0.2) is 0 Å². The number of phenolic OH excluding ortho intramolecular Hbond substituents is 1. The molecule has 0 aliphatic heterocycles. The molecular weight excluding hydrogens is 431 g/mol. The lowest BCUT2D eigenvalue weighted by Crippen LogP contribution is -2.02. The fraction of sp³-hybridized carbons (Fsp3) is 0.143. The molecule has 5 nitrogen and oxygen atoms in total. The number of benzene rings is 3. The molecule has 0 bridgehead atoms. The zero-order chi connectivity index (χ0) is 21.0. The molecule has 0 spiro atoms. The van der Waals surface area contributed by atoms with Gasteiger partial charge in [0.25, 0.3) is 5.69 Å². The maximum Gasteiger partial charge on any atom is 0.269 e. The highest BCUT2D eigenvalue weighted by Gasteiger charge is 2.15. The molecule has 0 unspecified atom stereocenters. The van der Waals surface area contributed by atoms with Gasteiger partial charge in [-0.3, -0.25) is 10.1 Å². The standard InChI is InChI=1S/C21H18Cl2N2O3S/c1-2-16-17(22)11-18(21(26)20(16)23)24-12-13-5-3-4-6-19(13)29-15-9-7-14(8-10-15)25(27)28/h3-11,24,26H,2,12H2,1H3. The Hall–Kier alpha value is -2.41. The van der Waals surface area contributed by atoms with Gasteiger partial charge in [0.15, 0.2) is 5.75 Å². The molecule has 0 aromatic heterocycles. The number of aromatic hydroxyl groups is 1. The van der Waals surface area contributed by atoms with E-state index in [1.807, 2.05) is 31.2 Å². The molecule has 0 aliphatic carbocycles. The Labute approximate surface area is 182 Å². The zero-order valence-electron chi connectivity index (χ0n) is 15.5. The van der Waals surface area contributed by atoms with Gasteiger partial charge in [-0.1, -0.05) is 60.1 Å². The van der Waals surface area contributed by atoms with Crippen LogP contribution in [0.15, 0.2) is 64.4 Å². The van der Waals surface area contributed by atoms with Crippen LogP contribution in [0.5, 0.6) is 5.75 Å². The second-order valence-corrected chi connectivity index (χ2v) is 8.12. The summed E-state index contributed by atoms with van der Waals surface area (Å²) in [5.41, 5.74) is 2.24. The molecule has 0 amide bonds. The largest absolute Gasteiger partial charge is 0.504 e. The van der Waals surface area contributed by atoms with Crippen LogP contribution in [0, 0.1) is 10.1 Å². The van der Waals surface area contributed by atoms with Gasteiger partial charge in [-0.15, -0.1) is 0 Å². The summed E-state index contributed by atoms with van der Waals surface area (Å²) >= 11 is 14.0. The number of halogens is 2. The van der Waals surface area contributed by atoms with E-state index in [-0.39, 0.29) is 16.5 Å². The number of nitrogens with zero attached hydrogens (tertiary/aromatic N) is 1. The van der Waals surface area contributed by atoms with Crippen LogP contribution in [-0.4, -0.2) is 10.0 Å². The van der Waals surface area contributed by atoms with Crippen molar-refractivity contribution in [3.05, 3.63) is 85.9 Å². The molecule has 0 fully saturated rings. The number of non-ortho nitro benzene ring substituents is 1. The Kier molecular flexibility index (Phi) is 6.90. The van der Waals surface area contributed by atoms with Crippen LogP contribution in [0.2, 0.25) is 10.0 Å². The van der Waals surface area contributed by atoms with Crippen molar-refractivity contribution in [3.63, 3.8) is 0 Å². The third-order valence-corrected chi connectivity index (χ3v) is 6.23. The minimum atomic E-state index is -0.418. The highest BCUT2D eigenvalue weighted by atomic mass is 35.5. The highest BCUT2D eigenvalue weighted by molar-refractivity contribution is 7.99. The first-order valence-corrected chi connectivity index (χ1v) is 10.4. The maximum atomic E-state index is 10.8. The first-order chi connectivity index (χ1) is 13.9. The molecule has 3 rings (SSSR count). The smallest absolute Gasteiger partial charge is 0.269 e. The number of hydrogen-bond acceptors (Lipinski definition) is 5. The van der Waals surface area contributed by atoms with Gasteiger partial charge in [-0.2, -0.15) is 0 Å². The molecule has 3 aromatic carbocycles. The van der Waals surface area contributed by atoms with Crippen molar-refractivity contribution in [1.82, 2.24) is 0 Å². The van der Waals surface area contributed by atoms with Crippen molar-refractivity contribution in [2.45, 2.75) is 29.7 Å². The summed E-state index contributed by atoms with van der Waals surface area (Å²) < 4.78 is 0. The minimum absolute atomic E-state index is 0.0200. The van der Waals surface area contributed by atoms with Gasteiger partial charge in [-0.05, 0) is 41.8 Å². The summed E-state index contributed by atoms with van der Waals surface area (Å²) in [5, 5.41) is 25.1. The minimum Gasteiger partial charge on any atom is -0.504 e. The Morgan fingerprint density at radius 3 is 2.48 bits per heavy atom. The van der Waals surface area contributed by atoms with Gasteiger partial charge >= 0.3 is 0 Å². The molecular formula is C21H18Cl2N2O3S. The Morgan fingerprint density at radius 1 is 1.14 bits per heavy atom. The summed E-state index contributed by atoms with van der Waals surface area (Å²) in [6, 6.07) is 15.9. The Balaban J connectivity index is 1.79. The van der Waals surface area contributed by atoms with E-state index in [1.165, 1.54) is 23.9 Å². The molecule has 0 saturated carbocycles. The monoisotopic (exact) mass is 448 g/mol. The molecule has 0 heterocycles. The number of nitro groups is 1. The first-order valence-electron chi connectivity index (χ1n) is 8.84. The lowest BCUT2D eigenvalue weighted by atomic mass is 10.1. The van der Waals surface area contributed by atoms with Gasteiger partial charge in [0, 0.05) is 33.5 Å². The van der Waals surface area contributed by atoms with Crippen molar-refractivity contribution >= 4 is 46.3 Å². The average Bonchev–Trinajstić information content (AvgIpc) is 2.71. The van der Waals surface area contributed by atoms with Crippen LogP contribution in [0.4, 0.5) is 11.4 Å². The van der Waals surface area contributed by atoms with Gasteiger partial charge < -0.3 is 10.4 Å². The second-order valence-electron chi connectivity index (χ2n) is 6.21. The topological polar surface area (TPSA) is 75.4 Å². The Morgan fingerprint density at radius 2 is 1.83 bits per heavy atom. The lowest BCUT2D eigenvalue weighted by molar-refractivity contribution is -0.384. The summed E-state index contributed by atoms with van der Waals surface area (Å²) in [4.78, 5) is 12.3. The van der Waals surface area contributed by atoms with Crippen LogP contribution in [0.3, 0.4) is 0 Å². The van der Waals surface area contributed by atoms with E-state index >= 15 is 0 Å². The molecule has 29 heavy (non-hydrogen) atoms. The SMILES string of the molecule is CCc1c(Cl)cc(NCc2ccccc2Sc2ccc([N+](=O)[O-])cc2)c(O)c1Cl. The zero-order valence-corrected chi connectivity index (χ0v) is 17.8. The number of anilines is 1. The molecule has 0 radical (unpaired) electrons. The van der Waals surface area contributed by atoms with E-state index in [1.54, 1.807) is 18.2 Å². The predicted octanol–water partition coefficient (Wildman–Crippen LogP) is 6.93. The Bertz CT molecular complexity index is 1040. The average molecular weight is 449 g/mol. The van der Waals surface area contributed by atoms with Crippen LogP contribution in [0.25, 0.3) is 0 Å². The molecule has 150 valence electrons. The highest BCUT2D eigenvalue weighted by Crippen LogP contribution is 2.40. The fourth-order valence-electron chi connectivity index (χ4n) is 2.81. The summed E-state index contributed by atoms with van der Waals surface area (Å²) in [6.45, 7) is 2.37. The van der Waals surface area contributed by atoms with E-state index in [4.69, 9.17) is 23.2 Å². The van der Waals surface area contributed by atoms with E-state index in [0.717, 1.165) is 15.4 Å². The van der Waals surface area contributed by atoms with Crippen molar-refractivity contribution in [1.29, 1.82) is 0 Å². The van der Waals surface area contributed by atoms with Crippen LogP contribution >= 0.6 is 35.0 Å². The van der Waals surface area contributed by atoms with Crippen LogP contribution in [0.1, 0.15) is 18.1 Å². The third-order valence-electron chi connectivity index (χ3n) is 4.36. The number of nitro benzene ring substituents is 1. The van der Waals surface area contributed by atoms with Crippen molar-refractivity contribution in [2.75, 3.05) is 5.32 Å². The number of nitrogens with one attached hydrogen (secondary N) is 1. The van der Waals surface area contributed by atoms with Crippen LogP contribution < -0.4 is 5.32 Å². The van der Waals surface area contributed by atoms with Gasteiger partial charge in [0.05, 0.1) is 15.6 Å². The summed E-state index contributed by atoms with van der Waals surface area (Å²) in [5.74, 6) is -0.0200. The molecule has 8 heteroatoms. The normalized spacial score (nSPS) is 10.7. The molecule has 3 aromatic rings. The molecule has 2 N–H and O–H groups in total. The number of hydrogen-bond donors (Lipinski definition) is 2.